The highest BCUT2D eigenvalue weighted by molar-refractivity contribution is 8.02. The van der Waals surface area contributed by atoms with Crippen molar-refractivity contribution in [2.45, 2.75) is 16.5 Å². The summed E-state index contributed by atoms with van der Waals surface area (Å²) < 4.78 is 13.6. The fourth-order valence-electron chi connectivity index (χ4n) is 1.93. The first-order chi connectivity index (χ1) is 12.1. The molecule has 1 unspecified atom stereocenters. The van der Waals surface area contributed by atoms with E-state index in [4.69, 9.17) is 0 Å². The number of aromatic nitrogens is 2. The van der Waals surface area contributed by atoms with Crippen LogP contribution in [0.25, 0.3) is 0 Å². The largest absolute Gasteiger partial charge is 0.330 e. The van der Waals surface area contributed by atoms with E-state index in [0.29, 0.717) is 15.2 Å². The standard InChI is InChI=1S/C17H15FN4OS2/c1-11(15(23)19-14-9-7-12(18)8-10-14)24-17-22-21-16(25-17)20-13-5-3-2-4-6-13/h2-11H,1H3,(H,19,23)(H,20,21). The molecule has 2 N–H and O–H groups in total. The molecule has 128 valence electrons. The molecule has 0 aliphatic carbocycles. The predicted molar refractivity (Wildman–Crippen MR) is 100.0 cm³/mol. The number of hydrogen-bond donors (Lipinski definition) is 2. The first-order valence-electron chi connectivity index (χ1n) is 7.49. The van der Waals surface area contributed by atoms with Gasteiger partial charge in [-0.2, -0.15) is 0 Å². The number of para-hydroxylation sites is 1. The Bertz CT molecular complexity index is 839. The second-order valence-corrected chi connectivity index (χ2v) is 7.69. The number of hydrogen-bond acceptors (Lipinski definition) is 6. The lowest BCUT2D eigenvalue weighted by atomic mass is 10.3. The summed E-state index contributed by atoms with van der Waals surface area (Å²) in [6.45, 7) is 1.79. The number of thioether (sulfide) groups is 1. The molecule has 5 nitrogen and oxygen atoms in total. The number of amides is 1. The number of carbonyl (C=O) groups is 1. The third-order valence-electron chi connectivity index (χ3n) is 3.19. The molecule has 1 atom stereocenters. The zero-order chi connectivity index (χ0) is 17.6. The van der Waals surface area contributed by atoms with Crippen LogP contribution in [0.5, 0.6) is 0 Å². The van der Waals surface area contributed by atoms with Crippen LogP contribution in [-0.2, 0) is 4.79 Å². The zero-order valence-corrected chi connectivity index (χ0v) is 14.9. The summed E-state index contributed by atoms with van der Waals surface area (Å²) in [7, 11) is 0. The van der Waals surface area contributed by atoms with Crippen molar-refractivity contribution in [3.05, 3.63) is 60.4 Å². The molecule has 0 fully saturated rings. The van der Waals surface area contributed by atoms with Crippen molar-refractivity contribution in [2.24, 2.45) is 0 Å². The highest BCUT2D eigenvalue weighted by atomic mass is 32.2. The highest BCUT2D eigenvalue weighted by Crippen LogP contribution is 2.30. The van der Waals surface area contributed by atoms with Crippen molar-refractivity contribution in [1.82, 2.24) is 10.2 Å². The van der Waals surface area contributed by atoms with Gasteiger partial charge in [0.2, 0.25) is 11.0 Å². The van der Waals surface area contributed by atoms with Gasteiger partial charge in [-0.05, 0) is 43.3 Å². The Labute approximate surface area is 152 Å². The topological polar surface area (TPSA) is 66.9 Å². The average molecular weight is 374 g/mol. The van der Waals surface area contributed by atoms with E-state index in [9.17, 15) is 9.18 Å². The minimum Gasteiger partial charge on any atom is -0.330 e. The maximum Gasteiger partial charge on any atom is 0.237 e. The van der Waals surface area contributed by atoms with Gasteiger partial charge in [-0.15, -0.1) is 10.2 Å². The lowest BCUT2D eigenvalue weighted by Crippen LogP contribution is -2.22. The minimum absolute atomic E-state index is 0.177. The van der Waals surface area contributed by atoms with E-state index in [2.05, 4.69) is 20.8 Å². The van der Waals surface area contributed by atoms with Crippen LogP contribution >= 0.6 is 23.1 Å². The molecule has 1 heterocycles. The zero-order valence-electron chi connectivity index (χ0n) is 13.3. The molecule has 1 aromatic heterocycles. The molecule has 0 bridgehead atoms. The summed E-state index contributed by atoms with van der Waals surface area (Å²) in [5.74, 6) is -0.517. The Morgan fingerprint density at radius 1 is 1.08 bits per heavy atom. The van der Waals surface area contributed by atoms with E-state index in [-0.39, 0.29) is 17.0 Å². The summed E-state index contributed by atoms with van der Waals surface area (Å²) in [5.41, 5.74) is 1.49. The SMILES string of the molecule is CC(Sc1nnc(Nc2ccccc2)s1)C(=O)Nc1ccc(F)cc1. The molecule has 0 aliphatic heterocycles. The van der Waals surface area contributed by atoms with E-state index < -0.39 is 0 Å². The molecule has 0 aliphatic rings. The van der Waals surface area contributed by atoms with Gasteiger partial charge < -0.3 is 10.6 Å². The normalized spacial score (nSPS) is 11.8. The Hall–Kier alpha value is -2.45. The third kappa shape index (κ3) is 5.01. The summed E-state index contributed by atoms with van der Waals surface area (Å²) >= 11 is 2.71. The number of anilines is 3. The number of halogens is 1. The average Bonchev–Trinajstić information content (AvgIpc) is 3.04. The van der Waals surface area contributed by atoms with Gasteiger partial charge in [0, 0.05) is 11.4 Å². The summed E-state index contributed by atoms with van der Waals surface area (Å²) in [4.78, 5) is 12.2. The molecule has 0 spiro atoms. The maximum atomic E-state index is 12.9. The van der Waals surface area contributed by atoms with Crippen molar-refractivity contribution in [2.75, 3.05) is 10.6 Å². The quantitative estimate of drug-likeness (QED) is 0.620. The molecule has 0 radical (unpaired) electrons. The summed E-state index contributed by atoms with van der Waals surface area (Å²) in [6.07, 6.45) is 0. The number of benzene rings is 2. The Morgan fingerprint density at radius 2 is 1.80 bits per heavy atom. The minimum atomic E-state index is -0.359. The lowest BCUT2D eigenvalue weighted by Gasteiger charge is -2.10. The Kier molecular flexibility index (Phi) is 5.62. The van der Waals surface area contributed by atoms with E-state index in [1.54, 1.807) is 6.92 Å². The van der Waals surface area contributed by atoms with E-state index in [1.807, 2.05) is 30.3 Å². The molecule has 8 heteroatoms. The summed E-state index contributed by atoms with van der Waals surface area (Å²) in [6, 6.07) is 15.3. The van der Waals surface area contributed by atoms with Gasteiger partial charge in [-0.3, -0.25) is 4.79 Å². The third-order valence-corrected chi connectivity index (χ3v) is 5.21. The molecule has 25 heavy (non-hydrogen) atoms. The van der Waals surface area contributed by atoms with Crippen LogP contribution in [0, 0.1) is 5.82 Å². The molecule has 0 saturated heterocycles. The summed E-state index contributed by atoms with van der Waals surface area (Å²) in [5, 5.41) is 14.4. The van der Waals surface area contributed by atoms with Crippen molar-refractivity contribution in [1.29, 1.82) is 0 Å². The van der Waals surface area contributed by atoms with Gasteiger partial charge in [0.25, 0.3) is 0 Å². The molecule has 3 aromatic rings. The van der Waals surface area contributed by atoms with Crippen LogP contribution in [0.2, 0.25) is 0 Å². The van der Waals surface area contributed by atoms with Crippen molar-refractivity contribution in [3.63, 3.8) is 0 Å². The fraction of sp³-hybridized carbons (Fsp3) is 0.118. The van der Waals surface area contributed by atoms with Crippen LogP contribution in [0.4, 0.5) is 20.9 Å². The van der Waals surface area contributed by atoms with Crippen LogP contribution in [-0.4, -0.2) is 21.4 Å². The predicted octanol–water partition coefficient (Wildman–Crippen LogP) is 4.54. The number of nitrogens with one attached hydrogen (secondary N) is 2. The molecule has 0 saturated carbocycles. The van der Waals surface area contributed by atoms with Gasteiger partial charge in [0.05, 0.1) is 5.25 Å². The second-order valence-electron chi connectivity index (χ2n) is 5.12. The van der Waals surface area contributed by atoms with Gasteiger partial charge in [0.15, 0.2) is 4.34 Å². The first-order valence-corrected chi connectivity index (χ1v) is 9.18. The smallest absolute Gasteiger partial charge is 0.237 e. The monoisotopic (exact) mass is 374 g/mol. The van der Waals surface area contributed by atoms with Gasteiger partial charge >= 0.3 is 0 Å². The van der Waals surface area contributed by atoms with E-state index in [1.165, 1.54) is 47.4 Å². The number of rotatable bonds is 6. The second kappa shape index (κ2) is 8.09. The van der Waals surface area contributed by atoms with Crippen LogP contribution in [0.1, 0.15) is 6.92 Å². The molecule has 3 rings (SSSR count). The van der Waals surface area contributed by atoms with Crippen molar-refractivity contribution < 1.29 is 9.18 Å². The fourth-order valence-corrected chi connectivity index (χ4v) is 3.85. The molecular formula is C17H15FN4OS2. The molecule has 1 amide bonds. The van der Waals surface area contributed by atoms with Crippen molar-refractivity contribution in [3.8, 4) is 0 Å². The van der Waals surface area contributed by atoms with Gasteiger partial charge in [-0.1, -0.05) is 41.3 Å². The number of carbonyl (C=O) groups excluding carboxylic acids is 1. The molecular weight excluding hydrogens is 359 g/mol. The van der Waals surface area contributed by atoms with Crippen molar-refractivity contribution >= 4 is 45.5 Å². The number of nitrogens with zero attached hydrogens (tertiary/aromatic N) is 2. The van der Waals surface area contributed by atoms with Gasteiger partial charge in [0.1, 0.15) is 5.82 Å². The highest BCUT2D eigenvalue weighted by Gasteiger charge is 2.17. The Morgan fingerprint density at radius 3 is 2.52 bits per heavy atom. The Balaban J connectivity index is 1.56. The lowest BCUT2D eigenvalue weighted by molar-refractivity contribution is -0.115. The van der Waals surface area contributed by atoms with Crippen LogP contribution in [0.15, 0.2) is 58.9 Å². The maximum absolute atomic E-state index is 12.9. The van der Waals surface area contributed by atoms with Gasteiger partial charge in [-0.25, -0.2) is 4.39 Å². The van der Waals surface area contributed by atoms with E-state index >= 15 is 0 Å². The van der Waals surface area contributed by atoms with E-state index in [0.717, 1.165) is 5.69 Å². The first kappa shape index (κ1) is 17.4. The van der Waals surface area contributed by atoms with Crippen LogP contribution < -0.4 is 10.6 Å². The molecule has 2 aromatic carbocycles. The van der Waals surface area contributed by atoms with Crippen LogP contribution in [0.3, 0.4) is 0 Å².